The third kappa shape index (κ3) is 5.67. The number of carbonyl (C=O) groups is 2. The molecule has 0 saturated heterocycles. The Morgan fingerprint density at radius 2 is 1.85 bits per heavy atom. The number of thioether (sulfide) groups is 1. The predicted octanol–water partition coefficient (Wildman–Crippen LogP) is 1.83. The van der Waals surface area contributed by atoms with Gasteiger partial charge in [0.25, 0.3) is 0 Å². The van der Waals surface area contributed by atoms with Gasteiger partial charge in [0.05, 0.1) is 38.2 Å². The molecule has 3 aromatic rings. The van der Waals surface area contributed by atoms with E-state index >= 15 is 0 Å². The smallest absolute Gasteiger partial charge is 0.340 e. The molecule has 1 amide bonds. The molecule has 0 aliphatic rings. The molecule has 0 fully saturated rings. The van der Waals surface area contributed by atoms with Crippen LogP contribution in [0.1, 0.15) is 16.7 Å². The summed E-state index contributed by atoms with van der Waals surface area (Å²) in [5.74, 6) is -0.589. The van der Waals surface area contributed by atoms with Crippen LogP contribution in [0.2, 0.25) is 0 Å². The van der Waals surface area contributed by atoms with Gasteiger partial charge in [-0.25, -0.2) is 4.79 Å². The third-order valence-electron chi connectivity index (χ3n) is 5.15. The molecular weight excluding hydrogens is 446 g/mol. The average Bonchev–Trinajstić information content (AvgIpc) is 2.80. The number of carboxylic acids is 1. The van der Waals surface area contributed by atoms with Crippen LogP contribution in [0.5, 0.6) is 11.5 Å². The van der Waals surface area contributed by atoms with Gasteiger partial charge in [-0.2, -0.15) is 11.8 Å². The van der Waals surface area contributed by atoms with E-state index in [0.29, 0.717) is 22.5 Å². The molecule has 1 atom stereocenters. The van der Waals surface area contributed by atoms with Crippen molar-refractivity contribution >= 4 is 34.6 Å². The first kappa shape index (κ1) is 24.2. The van der Waals surface area contributed by atoms with Gasteiger partial charge < -0.3 is 29.1 Å². The summed E-state index contributed by atoms with van der Waals surface area (Å²) in [6, 6.07) is 11.8. The van der Waals surface area contributed by atoms with Gasteiger partial charge in [0.1, 0.15) is 0 Å². The van der Waals surface area contributed by atoms with Crippen LogP contribution in [0.15, 0.2) is 51.7 Å². The van der Waals surface area contributed by atoms with Crippen LogP contribution in [0.3, 0.4) is 0 Å². The van der Waals surface area contributed by atoms with E-state index in [1.807, 2.05) is 30.3 Å². The highest BCUT2D eigenvalue weighted by Gasteiger charge is 2.21. The number of aryl methyl sites for hydroxylation is 1. The first-order valence-electron chi connectivity index (χ1n) is 10.1. The van der Waals surface area contributed by atoms with Crippen molar-refractivity contribution in [2.75, 3.05) is 20.0 Å². The van der Waals surface area contributed by atoms with E-state index in [9.17, 15) is 19.5 Å². The molecule has 0 saturated carbocycles. The normalized spacial score (nSPS) is 11.7. The SMILES string of the molecule is COc1ccc2c(C)c(CC(=O)N[C@@H](CSCc3ccccc3)C(=O)[O-])c(=O)oc2c1OC. The number of rotatable bonds is 10. The summed E-state index contributed by atoms with van der Waals surface area (Å²) in [4.78, 5) is 36.7. The summed E-state index contributed by atoms with van der Waals surface area (Å²) >= 11 is 1.37. The second-order valence-electron chi connectivity index (χ2n) is 7.29. The molecule has 0 radical (unpaired) electrons. The van der Waals surface area contributed by atoms with Crippen LogP contribution in [0.4, 0.5) is 0 Å². The van der Waals surface area contributed by atoms with Crippen LogP contribution >= 0.6 is 11.8 Å². The molecule has 0 unspecified atom stereocenters. The van der Waals surface area contributed by atoms with Gasteiger partial charge in [-0.15, -0.1) is 0 Å². The Labute approximate surface area is 194 Å². The van der Waals surface area contributed by atoms with Crippen LogP contribution < -0.4 is 25.5 Å². The number of methoxy groups -OCH3 is 2. The average molecular weight is 471 g/mol. The van der Waals surface area contributed by atoms with Gasteiger partial charge >= 0.3 is 5.63 Å². The molecular formula is C24H24NO7S-. The molecule has 1 N–H and O–H groups in total. The van der Waals surface area contributed by atoms with E-state index in [0.717, 1.165) is 5.56 Å². The fraction of sp³-hybridized carbons (Fsp3) is 0.292. The van der Waals surface area contributed by atoms with Gasteiger partial charge in [-0.1, -0.05) is 30.3 Å². The number of hydrogen-bond donors (Lipinski definition) is 1. The molecule has 33 heavy (non-hydrogen) atoms. The molecule has 174 valence electrons. The zero-order valence-corrected chi connectivity index (χ0v) is 19.3. The zero-order chi connectivity index (χ0) is 24.0. The van der Waals surface area contributed by atoms with E-state index < -0.39 is 23.5 Å². The predicted molar refractivity (Wildman–Crippen MR) is 124 cm³/mol. The van der Waals surface area contributed by atoms with Crippen molar-refractivity contribution in [3.63, 3.8) is 0 Å². The van der Waals surface area contributed by atoms with E-state index in [4.69, 9.17) is 13.9 Å². The third-order valence-corrected chi connectivity index (χ3v) is 6.26. The van der Waals surface area contributed by atoms with Gasteiger partial charge in [0.2, 0.25) is 11.7 Å². The quantitative estimate of drug-likeness (QED) is 0.446. The maximum Gasteiger partial charge on any atom is 0.340 e. The Balaban J connectivity index is 1.74. The van der Waals surface area contributed by atoms with Crippen molar-refractivity contribution in [1.29, 1.82) is 0 Å². The molecule has 3 rings (SSSR count). The van der Waals surface area contributed by atoms with E-state index in [-0.39, 0.29) is 29.1 Å². The lowest BCUT2D eigenvalue weighted by atomic mass is 10.0. The minimum absolute atomic E-state index is 0.130. The Morgan fingerprint density at radius 3 is 2.48 bits per heavy atom. The summed E-state index contributed by atoms with van der Waals surface area (Å²) in [5.41, 5.74) is 1.24. The van der Waals surface area contributed by atoms with Crippen LogP contribution in [0, 0.1) is 6.92 Å². The highest BCUT2D eigenvalue weighted by atomic mass is 32.2. The monoisotopic (exact) mass is 470 g/mol. The highest BCUT2D eigenvalue weighted by Crippen LogP contribution is 2.36. The lowest BCUT2D eigenvalue weighted by molar-refractivity contribution is -0.307. The number of amides is 1. The summed E-state index contributed by atoms with van der Waals surface area (Å²) in [7, 11) is 2.91. The summed E-state index contributed by atoms with van der Waals surface area (Å²) < 4.78 is 16.0. The van der Waals surface area contributed by atoms with Crippen molar-refractivity contribution < 1.29 is 28.6 Å². The number of nitrogens with one attached hydrogen (secondary N) is 1. The Hall–Kier alpha value is -3.46. The molecule has 0 aliphatic carbocycles. The van der Waals surface area contributed by atoms with Crippen LogP contribution in [-0.2, 0) is 21.8 Å². The fourth-order valence-corrected chi connectivity index (χ4v) is 4.41. The number of benzene rings is 2. The maximum atomic E-state index is 12.6. The van der Waals surface area contributed by atoms with Crippen molar-refractivity contribution in [3.8, 4) is 11.5 Å². The molecule has 1 heterocycles. The van der Waals surface area contributed by atoms with Crippen LogP contribution in [-0.4, -0.2) is 37.9 Å². The van der Waals surface area contributed by atoms with Gasteiger partial charge in [-0.3, -0.25) is 4.79 Å². The van der Waals surface area contributed by atoms with Gasteiger partial charge in [0.15, 0.2) is 11.3 Å². The molecule has 0 bridgehead atoms. The second-order valence-corrected chi connectivity index (χ2v) is 8.32. The lowest BCUT2D eigenvalue weighted by Gasteiger charge is -2.20. The lowest BCUT2D eigenvalue weighted by Crippen LogP contribution is -2.50. The van der Waals surface area contributed by atoms with E-state index in [2.05, 4.69) is 5.32 Å². The first-order chi connectivity index (χ1) is 15.8. The van der Waals surface area contributed by atoms with Crippen LogP contribution in [0.25, 0.3) is 11.0 Å². The number of aliphatic carboxylic acids is 1. The number of carbonyl (C=O) groups excluding carboxylic acids is 2. The summed E-state index contributed by atoms with van der Waals surface area (Å²) in [5, 5.41) is 14.6. The topological polar surface area (TPSA) is 118 Å². The van der Waals surface area contributed by atoms with Crippen molar-refractivity contribution in [2.24, 2.45) is 0 Å². The van der Waals surface area contributed by atoms with E-state index in [1.165, 1.54) is 26.0 Å². The fourth-order valence-electron chi connectivity index (χ4n) is 3.41. The Kier molecular flexibility index (Phi) is 8.00. The largest absolute Gasteiger partial charge is 0.548 e. The molecule has 8 nitrogen and oxygen atoms in total. The molecule has 9 heteroatoms. The zero-order valence-electron chi connectivity index (χ0n) is 18.5. The van der Waals surface area contributed by atoms with Crippen molar-refractivity contribution in [3.05, 3.63) is 69.6 Å². The second kappa shape index (κ2) is 10.9. The Bertz CT molecular complexity index is 1210. The van der Waals surface area contributed by atoms with Gasteiger partial charge in [-0.05, 0) is 30.2 Å². The summed E-state index contributed by atoms with van der Waals surface area (Å²) in [6.45, 7) is 1.69. The number of fused-ring (bicyclic) bond motifs is 1. The molecule has 0 spiro atoms. The van der Waals surface area contributed by atoms with Gasteiger partial charge in [0, 0.05) is 16.9 Å². The number of carboxylic acid groups (broad SMARTS) is 1. The minimum atomic E-state index is -1.39. The molecule has 1 aromatic heterocycles. The van der Waals surface area contributed by atoms with Crippen molar-refractivity contribution in [1.82, 2.24) is 5.32 Å². The molecule has 0 aliphatic heterocycles. The molecule has 2 aromatic carbocycles. The standard InChI is InChI=1S/C24H25NO7S/c1-14-16-9-10-19(30-2)22(31-3)21(16)32-24(29)17(14)11-20(26)25-18(23(27)28)13-33-12-15-7-5-4-6-8-15/h4-10,18H,11-13H2,1-3H3,(H,25,26)(H,27,28)/p-1/t18-/m0/s1. The highest BCUT2D eigenvalue weighted by molar-refractivity contribution is 7.98. The Morgan fingerprint density at radius 1 is 1.12 bits per heavy atom. The number of ether oxygens (including phenoxy) is 2. The minimum Gasteiger partial charge on any atom is -0.548 e. The maximum absolute atomic E-state index is 12.6. The van der Waals surface area contributed by atoms with Crippen molar-refractivity contribution in [2.45, 2.75) is 25.1 Å². The number of hydrogen-bond acceptors (Lipinski definition) is 8. The summed E-state index contributed by atoms with van der Waals surface area (Å²) in [6.07, 6.45) is -0.328. The first-order valence-corrected chi connectivity index (χ1v) is 11.3. The van der Waals surface area contributed by atoms with E-state index in [1.54, 1.807) is 19.1 Å².